The third kappa shape index (κ3) is 3.36. The van der Waals surface area contributed by atoms with E-state index in [2.05, 4.69) is 40.7 Å². The molecule has 30 heavy (non-hydrogen) atoms. The number of fused-ring (bicyclic) bond motifs is 6. The van der Waals surface area contributed by atoms with E-state index in [9.17, 15) is 0 Å². The topological polar surface area (TPSA) is 9.23 Å². The molecule has 0 N–H and O–H groups in total. The first-order chi connectivity index (χ1) is 14.3. The van der Waals surface area contributed by atoms with Gasteiger partial charge in [0.1, 0.15) is 0 Å². The van der Waals surface area contributed by atoms with Gasteiger partial charge in [0.25, 0.3) is 0 Å². The molecule has 169 valence electrons. The molecule has 8 atom stereocenters. The molecule has 0 bridgehead atoms. The monoisotopic (exact) mass is 411 g/mol. The average Bonchev–Trinajstić information content (AvgIpc) is 3.28. The summed E-state index contributed by atoms with van der Waals surface area (Å²) in [6, 6.07) is 0. The molecular weight excluding hydrogens is 364 g/mol. The van der Waals surface area contributed by atoms with Gasteiger partial charge in [0, 0.05) is 12.5 Å². The maximum atomic E-state index is 6.20. The minimum Gasteiger partial charge on any atom is -0.378 e. The van der Waals surface area contributed by atoms with Crippen LogP contribution in [0.15, 0.2) is 11.6 Å². The highest BCUT2D eigenvalue weighted by atomic mass is 16.5. The van der Waals surface area contributed by atoms with E-state index < -0.39 is 0 Å². The number of rotatable bonds is 5. The first-order valence-corrected chi connectivity index (χ1v) is 13.5. The second kappa shape index (κ2) is 7.93. The Labute approximate surface area is 186 Å². The summed E-state index contributed by atoms with van der Waals surface area (Å²) < 4.78 is 6.20. The molecule has 5 aliphatic rings. The van der Waals surface area contributed by atoms with Gasteiger partial charge in [-0.05, 0) is 97.7 Å². The lowest BCUT2D eigenvalue weighted by Gasteiger charge is -2.59. The predicted octanol–water partition coefficient (Wildman–Crippen LogP) is 8.00. The van der Waals surface area contributed by atoms with Crippen LogP contribution in [0.4, 0.5) is 0 Å². The molecule has 1 heteroatoms. The highest BCUT2D eigenvalue weighted by Gasteiger charge is 2.60. The fraction of sp³-hybridized carbons (Fsp3) is 0.897. The Hall–Kier alpha value is -0.300. The Morgan fingerprint density at radius 3 is 2.70 bits per heavy atom. The first kappa shape index (κ1) is 21.5. The summed E-state index contributed by atoms with van der Waals surface area (Å²) >= 11 is 0. The Balaban J connectivity index is 1.32. The van der Waals surface area contributed by atoms with Crippen LogP contribution in [0.1, 0.15) is 105 Å². The molecule has 1 unspecified atom stereocenters. The van der Waals surface area contributed by atoms with Crippen molar-refractivity contribution in [1.82, 2.24) is 0 Å². The molecule has 4 fully saturated rings. The number of allylic oxidation sites excluding steroid dienone is 2. The fourth-order valence-electron chi connectivity index (χ4n) is 9.38. The zero-order chi connectivity index (χ0) is 21.1. The van der Waals surface area contributed by atoms with Crippen molar-refractivity contribution in [1.29, 1.82) is 0 Å². The van der Waals surface area contributed by atoms with E-state index in [0.717, 1.165) is 42.1 Å². The summed E-state index contributed by atoms with van der Waals surface area (Å²) in [7, 11) is 0. The maximum Gasteiger partial charge on any atom is 0.0650 e. The van der Waals surface area contributed by atoms with E-state index >= 15 is 0 Å². The second-order valence-corrected chi connectivity index (χ2v) is 12.9. The lowest BCUT2D eigenvalue weighted by atomic mass is 9.46. The normalized spacial score (nSPS) is 46.7. The van der Waals surface area contributed by atoms with Crippen molar-refractivity contribution in [3.05, 3.63) is 17.6 Å². The van der Waals surface area contributed by atoms with Crippen LogP contribution in [0.25, 0.3) is 0 Å². The molecule has 5 rings (SSSR count). The number of ether oxygens (including phenoxy) is 1. The SMILES string of the molecule is CC(C)CCC[C@@H](C)[C@H]1CC[C@H]2[C@@H]3CC=C4C[C]5CCOC5C[C@]4(C)[C@H]3CC[C@]12C. The molecule has 0 aromatic rings. The van der Waals surface area contributed by atoms with Crippen LogP contribution in [0, 0.1) is 52.3 Å². The maximum absolute atomic E-state index is 6.20. The van der Waals surface area contributed by atoms with Gasteiger partial charge < -0.3 is 4.74 Å². The molecule has 1 nitrogen and oxygen atoms in total. The molecular formula is C29H47O. The Morgan fingerprint density at radius 1 is 1.07 bits per heavy atom. The molecule has 1 saturated heterocycles. The molecule has 1 heterocycles. The third-order valence-electron chi connectivity index (χ3n) is 11.1. The largest absolute Gasteiger partial charge is 0.378 e. The average molecular weight is 412 g/mol. The fourth-order valence-corrected chi connectivity index (χ4v) is 9.38. The molecule has 0 aromatic carbocycles. The first-order valence-electron chi connectivity index (χ1n) is 13.5. The van der Waals surface area contributed by atoms with Gasteiger partial charge in [-0.2, -0.15) is 0 Å². The molecule has 0 amide bonds. The van der Waals surface area contributed by atoms with Gasteiger partial charge in [0.05, 0.1) is 6.10 Å². The van der Waals surface area contributed by atoms with Crippen molar-refractivity contribution in [3.8, 4) is 0 Å². The highest BCUT2D eigenvalue weighted by Crippen LogP contribution is 2.68. The van der Waals surface area contributed by atoms with Crippen LogP contribution in [0.5, 0.6) is 0 Å². The van der Waals surface area contributed by atoms with Crippen LogP contribution >= 0.6 is 0 Å². The van der Waals surface area contributed by atoms with E-state index in [1.165, 1.54) is 70.6 Å². The molecule has 3 saturated carbocycles. The lowest BCUT2D eigenvalue weighted by Crippen LogP contribution is -2.51. The Bertz CT molecular complexity index is 663. The zero-order valence-corrected chi connectivity index (χ0v) is 20.5. The smallest absolute Gasteiger partial charge is 0.0650 e. The quantitative estimate of drug-likeness (QED) is 0.416. The summed E-state index contributed by atoms with van der Waals surface area (Å²) in [5.41, 5.74) is 2.83. The highest BCUT2D eigenvalue weighted by molar-refractivity contribution is 5.32. The standard InChI is InChI=1S/C29H47O/c1-19(2)7-6-8-20(3)24-11-12-25-23-10-9-22-17-21-14-16-30-27(21)18-29(22,5)26(23)13-15-28(24,25)4/h9,19-20,23-27H,6-8,10-18H2,1-5H3/t20-,23+,24-,25+,26+,27?,28-,29+/m1/s1. The van der Waals surface area contributed by atoms with E-state index in [-0.39, 0.29) is 0 Å². The van der Waals surface area contributed by atoms with Gasteiger partial charge in [0.2, 0.25) is 0 Å². The van der Waals surface area contributed by atoms with Crippen LogP contribution in [0.3, 0.4) is 0 Å². The van der Waals surface area contributed by atoms with Crippen molar-refractivity contribution in [2.24, 2.45) is 46.3 Å². The van der Waals surface area contributed by atoms with E-state index in [0.29, 0.717) is 16.9 Å². The van der Waals surface area contributed by atoms with Crippen molar-refractivity contribution in [2.75, 3.05) is 6.61 Å². The van der Waals surface area contributed by atoms with Crippen molar-refractivity contribution < 1.29 is 4.74 Å². The van der Waals surface area contributed by atoms with Crippen LogP contribution in [0.2, 0.25) is 0 Å². The van der Waals surface area contributed by atoms with E-state index in [4.69, 9.17) is 4.74 Å². The summed E-state index contributed by atoms with van der Waals surface area (Å²) in [6.45, 7) is 13.7. The van der Waals surface area contributed by atoms with Crippen LogP contribution < -0.4 is 0 Å². The molecule has 1 aliphatic heterocycles. The minimum absolute atomic E-state index is 0.420. The number of hydrogen-bond donors (Lipinski definition) is 0. The zero-order valence-electron chi connectivity index (χ0n) is 20.5. The third-order valence-corrected chi connectivity index (χ3v) is 11.1. The van der Waals surface area contributed by atoms with Gasteiger partial charge in [-0.3, -0.25) is 0 Å². The van der Waals surface area contributed by atoms with Crippen LogP contribution in [-0.4, -0.2) is 12.7 Å². The van der Waals surface area contributed by atoms with Gasteiger partial charge in [-0.25, -0.2) is 0 Å². The van der Waals surface area contributed by atoms with Crippen LogP contribution in [-0.2, 0) is 4.74 Å². The second-order valence-electron chi connectivity index (χ2n) is 12.9. The molecule has 0 aromatic heterocycles. The molecule has 4 aliphatic carbocycles. The summed E-state index contributed by atoms with van der Waals surface area (Å²) in [4.78, 5) is 0. The van der Waals surface area contributed by atoms with E-state index in [1.54, 1.807) is 11.5 Å². The lowest BCUT2D eigenvalue weighted by molar-refractivity contribution is -0.0619. The van der Waals surface area contributed by atoms with Gasteiger partial charge >= 0.3 is 0 Å². The summed E-state index contributed by atoms with van der Waals surface area (Å²) in [5.74, 6) is 7.29. The molecule has 0 spiro atoms. The van der Waals surface area contributed by atoms with Gasteiger partial charge in [-0.1, -0.05) is 65.5 Å². The van der Waals surface area contributed by atoms with Crippen molar-refractivity contribution in [2.45, 2.75) is 111 Å². The van der Waals surface area contributed by atoms with Crippen molar-refractivity contribution >= 4 is 0 Å². The van der Waals surface area contributed by atoms with Gasteiger partial charge in [0.15, 0.2) is 0 Å². The Morgan fingerprint density at radius 2 is 1.90 bits per heavy atom. The van der Waals surface area contributed by atoms with Crippen molar-refractivity contribution in [3.63, 3.8) is 0 Å². The number of hydrogen-bond acceptors (Lipinski definition) is 1. The van der Waals surface area contributed by atoms with E-state index in [1.807, 2.05) is 0 Å². The summed E-state index contributed by atoms with van der Waals surface area (Å²) in [5, 5.41) is 0. The predicted molar refractivity (Wildman–Crippen MR) is 126 cm³/mol. The summed E-state index contributed by atoms with van der Waals surface area (Å²) in [6.07, 6.45) is 18.6. The minimum atomic E-state index is 0.420. The molecule has 1 radical (unpaired) electrons. The van der Waals surface area contributed by atoms with Gasteiger partial charge in [-0.15, -0.1) is 0 Å². The Kier molecular flexibility index (Phi) is 5.69.